The van der Waals surface area contributed by atoms with Crippen LogP contribution in [0.5, 0.6) is 0 Å². The van der Waals surface area contributed by atoms with Crippen LogP contribution in [0.1, 0.15) is 39.5 Å². The van der Waals surface area contributed by atoms with Gasteiger partial charge >= 0.3 is 6.03 Å². The Morgan fingerprint density at radius 1 is 1.21 bits per heavy atom. The summed E-state index contributed by atoms with van der Waals surface area (Å²) in [6.07, 6.45) is 4.38. The molecule has 0 aromatic heterocycles. The second kappa shape index (κ2) is 6.09. The monoisotopic (exact) mass is 270 g/mol. The Balaban J connectivity index is 2.00. The fourth-order valence-corrected chi connectivity index (χ4v) is 3.00. The van der Waals surface area contributed by atoms with Crippen LogP contribution in [-0.4, -0.2) is 65.4 Å². The summed E-state index contributed by atoms with van der Waals surface area (Å²) >= 11 is 0. The first-order chi connectivity index (χ1) is 9.02. The number of urea groups is 1. The zero-order valence-electron chi connectivity index (χ0n) is 12.1. The highest BCUT2D eigenvalue weighted by Crippen LogP contribution is 2.22. The number of ether oxygens (including phenoxy) is 1. The summed E-state index contributed by atoms with van der Waals surface area (Å²) in [5.74, 6) is 0. The van der Waals surface area contributed by atoms with E-state index in [0.717, 1.165) is 25.9 Å². The third-order valence-corrected chi connectivity index (χ3v) is 3.83. The average Bonchev–Trinajstić information content (AvgIpc) is 2.64. The van der Waals surface area contributed by atoms with E-state index in [0.29, 0.717) is 13.1 Å². The molecule has 0 radical (unpaired) electrons. The molecule has 2 rings (SSSR count). The molecule has 2 fully saturated rings. The van der Waals surface area contributed by atoms with Gasteiger partial charge in [-0.3, -0.25) is 0 Å². The topological polar surface area (TPSA) is 53.0 Å². The molecule has 1 unspecified atom stereocenters. The lowest BCUT2D eigenvalue weighted by Gasteiger charge is -2.43. The van der Waals surface area contributed by atoms with E-state index in [-0.39, 0.29) is 24.3 Å². The Morgan fingerprint density at radius 3 is 2.42 bits per heavy atom. The molecule has 2 aliphatic heterocycles. The van der Waals surface area contributed by atoms with Crippen molar-refractivity contribution in [2.24, 2.45) is 0 Å². The first-order valence-corrected chi connectivity index (χ1v) is 7.34. The van der Waals surface area contributed by atoms with E-state index in [1.54, 1.807) is 0 Å². The third-order valence-electron chi connectivity index (χ3n) is 3.83. The number of carbonyl (C=O) groups is 1. The van der Waals surface area contributed by atoms with Gasteiger partial charge in [-0.15, -0.1) is 0 Å². The van der Waals surface area contributed by atoms with Crippen LogP contribution < -0.4 is 0 Å². The normalized spacial score (nSPS) is 28.1. The Morgan fingerprint density at radius 2 is 1.84 bits per heavy atom. The Hall–Kier alpha value is -0.810. The second-order valence-electron chi connectivity index (χ2n) is 6.25. The van der Waals surface area contributed by atoms with Gasteiger partial charge in [-0.1, -0.05) is 12.8 Å². The first-order valence-electron chi connectivity index (χ1n) is 7.34. The summed E-state index contributed by atoms with van der Waals surface area (Å²) in [4.78, 5) is 16.4. The van der Waals surface area contributed by atoms with Crippen LogP contribution in [-0.2, 0) is 4.74 Å². The molecular weight excluding hydrogens is 244 g/mol. The molecule has 19 heavy (non-hydrogen) atoms. The Labute approximate surface area is 115 Å². The molecule has 5 nitrogen and oxygen atoms in total. The van der Waals surface area contributed by atoms with E-state index in [9.17, 15) is 9.90 Å². The van der Waals surface area contributed by atoms with Crippen LogP contribution >= 0.6 is 0 Å². The quantitative estimate of drug-likeness (QED) is 0.784. The van der Waals surface area contributed by atoms with Gasteiger partial charge in [0.1, 0.15) is 0 Å². The van der Waals surface area contributed by atoms with E-state index in [2.05, 4.69) is 0 Å². The maximum Gasteiger partial charge on any atom is 0.320 e. The number of carbonyl (C=O) groups excluding carboxylic acids is 1. The molecule has 0 aliphatic carbocycles. The number of amides is 2. The predicted molar refractivity (Wildman–Crippen MR) is 73.0 cm³/mol. The molecule has 2 amide bonds. The van der Waals surface area contributed by atoms with Crippen LogP contribution in [0.2, 0.25) is 0 Å². The van der Waals surface area contributed by atoms with Crippen LogP contribution in [0.15, 0.2) is 0 Å². The predicted octanol–water partition coefficient (Wildman–Crippen LogP) is 1.45. The zero-order valence-corrected chi connectivity index (χ0v) is 12.1. The lowest BCUT2D eigenvalue weighted by atomic mass is 10.1. The van der Waals surface area contributed by atoms with Crippen LogP contribution in [0.3, 0.4) is 0 Å². The molecule has 2 saturated heterocycles. The number of morpholine rings is 1. The molecule has 0 saturated carbocycles. The number of nitrogens with zero attached hydrogens (tertiary/aromatic N) is 2. The van der Waals surface area contributed by atoms with Gasteiger partial charge in [0.15, 0.2) is 0 Å². The second-order valence-corrected chi connectivity index (χ2v) is 6.25. The van der Waals surface area contributed by atoms with E-state index >= 15 is 0 Å². The summed E-state index contributed by atoms with van der Waals surface area (Å²) in [7, 11) is 0. The van der Waals surface area contributed by atoms with Gasteiger partial charge in [-0.25, -0.2) is 4.79 Å². The summed E-state index contributed by atoms with van der Waals surface area (Å²) in [6, 6.07) is 0.108. The van der Waals surface area contributed by atoms with Crippen molar-refractivity contribution in [2.45, 2.75) is 51.2 Å². The average molecular weight is 270 g/mol. The lowest BCUT2D eigenvalue weighted by Crippen LogP contribution is -2.58. The molecule has 5 heteroatoms. The van der Waals surface area contributed by atoms with Gasteiger partial charge in [-0.05, 0) is 26.7 Å². The first kappa shape index (κ1) is 14.6. The molecule has 2 heterocycles. The largest absolute Gasteiger partial charge is 0.394 e. The van der Waals surface area contributed by atoms with Crippen molar-refractivity contribution >= 4 is 6.03 Å². The summed E-state index contributed by atoms with van der Waals surface area (Å²) in [5.41, 5.74) is -0.382. The van der Waals surface area contributed by atoms with Crippen LogP contribution in [0.4, 0.5) is 4.79 Å². The molecule has 110 valence electrons. The SMILES string of the molecule is CC1(C)CN(C(=O)N2CCCCCC2)CC(CO)O1. The molecule has 0 bridgehead atoms. The Kier molecular flexibility index (Phi) is 4.68. The van der Waals surface area contributed by atoms with Crippen molar-refractivity contribution in [1.29, 1.82) is 0 Å². The van der Waals surface area contributed by atoms with Crippen LogP contribution in [0.25, 0.3) is 0 Å². The van der Waals surface area contributed by atoms with Gasteiger partial charge in [0.2, 0.25) is 0 Å². The van der Waals surface area contributed by atoms with E-state index in [4.69, 9.17) is 4.74 Å². The minimum atomic E-state index is -0.382. The highest BCUT2D eigenvalue weighted by atomic mass is 16.5. The van der Waals surface area contributed by atoms with Gasteiger partial charge in [0.25, 0.3) is 0 Å². The van der Waals surface area contributed by atoms with Crippen molar-refractivity contribution in [3.63, 3.8) is 0 Å². The van der Waals surface area contributed by atoms with E-state index < -0.39 is 0 Å². The lowest BCUT2D eigenvalue weighted by molar-refractivity contribution is -0.140. The number of hydrogen-bond acceptors (Lipinski definition) is 3. The fraction of sp³-hybridized carbons (Fsp3) is 0.929. The number of likely N-dealkylation sites (tertiary alicyclic amines) is 1. The molecule has 0 spiro atoms. The van der Waals surface area contributed by atoms with Gasteiger partial charge < -0.3 is 19.6 Å². The fourth-order valence-electron chi connectivity index (χ4n) is 3.00. The smallest absolute Gasteiger partial charge is 0.320 e. The number of rotatable bonds is 1. The van der Waals surface area contributed by atoms with Crippen LogP contribution in [0, 0.1) is 0 Å². The minimum absolute atomic E-state index is 0.0345. The molecule has 0 aromatic rings. The van der Waals surface area contributed by atoms with Crippen molar-refractivity contribution in [2.75, 3.05) is 32.8 Å². The zero-order chi connectivity index (χ0) is 13.9. The third kappa shape index (κ3) is 3.83. The highest BCUT2D eigenvalue weighted by Gasteiger charge is 2.36. The van der Waals surface area contributed by atoms with Crippen molar-refractivity contribution < 1.29 is 14.6 Å². The van der Waals surface area contributed by atoms with E-state index in [1.807, 2.05) is 23.6 Å². The maximum absolute atomic E-state index is 12.6. The van der Waals surface area contributed by atoms with Crippen molar-refractivity contribution in [3.05, 3.63) is 0 Å². The van der Waals surface area contributed by atoms with Gasteiger partial charge in [0.05, 0.1) is 31.4 Å². The number of aliphatic hydroxyl groups excluding tert-OH is 1. The number of aliphatic hydroxyl groups is 1. The van der Waals surface area contributed by atoms with E-state index in [1.165, 1.54) is 12.8 Å². The summed E-state index contributed by atoms with van der Waals surface area (Å²) < 4.78 is 5.75. The van der Waals surface area contributed by atoms with Crippen molar-refractivity contribution in [1.82, 2.24) is 9.80 Å². The van der Waals surface area contributed by atoms with Gasteiger partial charge in [-0.2, -0.15) is 0 Å². The van der Waals surface area contributed by atoms with Gasteiger partial charge in [0, 0.05) is 13.1 Å². The molecule has 0 aromatic carbocycles. The Bertz CT molecular complexity index is 312. The maximum atomic E-state index is 12.6. The minimum Gasteiger partial charge on any atom is -0.394 e. The number of hydrogen-bond donors (Lipinski definition) is 1. The summed E-state index contributed by atoms with van der Waals surface area (Å²) in [5, 5.41) is 9.30. The molecule has 2 aliphatic rings. The highest BCUT2D eigenvalue weighted by molar-refractivity contribution is 5.74. The van der Waals surface area contributed by atoms with Crippen molar-refractivity contribution in [3.8, 4) is 0 Å². The molecule has 1 N–H and O–H groups in total. The molecule has 1 atom stereocenters. The molecular formula is C14H26N2O3. The summed E-state index contributed by atoms with van der Waals surface area (Å²) in [6.45, 7) is 6.72. The standard InChI is InChI=1S/C14H26N2O3/c1-14(2)11-16(9-12(10-17)19-14)13(18)15-7-5-3-4-6-8-15/h12,17H,3-11H2,1-2H3.